The van der Waals surface area contributed by atoms with E-state index in [0.717, 1.165) is 4.57 Å². The van der Waals surface area contributed by atoms with Crippen LogP contribution in [0.5, 0.6) is 0 Å². The molecule has 0 aliphatic rings. The molecule has 0 saturated heterocycles. The van der Waals surface area contributed by atoms with Gasteiger partial charge in [-0.1, -0.05) is 18.2 Å². The second-order valence-corrected chi connectivity index (χ2v) is 4.43. The first-order valence-electron chi connectivity index (χ1n) is 5.73. The minimum Gasteiger partial charge on any atom is -0.307 e. The minimum atomic E-state index is -0.469. The molecular weight excluding hydrogens is 246 g/mol. The molecule has 6 nitrogen and oxygen atoms in total. The van der Waals surface area contributed by atoms with Crippen LogP contribution in [0.25, 0.3) is 21.8 Å². The predicted molar refractivity (Wildman–Crippen MR) is 72.6 cm³/mol. The fraction of sp³-hybridized carbons (Fsp3) is 0.154. The lowest BCUT2D eigenvalue weighted by Gasteiger charge is -2.08. The number of nitrogens with one attached hydrogen (secondary N) is 1. The van der Waals surface area contributed by atoms with Crippen LogP contribution in [-0.2, 0) is 14.1 Å². The molecule has 0 amide bonds. The first-order chi connectivity index (χ1) is 9.02. The summed E-state index contributed by atoms with van der Waals surface area (Å²) in [6, 6.07) is 6.85. The highest BCUT2D eigenvalue weighted by Gasteiger charge is 2.13. The van der Waals surface area contributed by atoms with Gasteiger partial charge in [-0.25, -0.2) is 4.79 Å². The lowest BCUT2D eigenvalue weighted by atomic mass is 10.1. The molecule has 0 spiro atoms. The van der Waals surface area contributed by atoms with E-state index in [-0.39, 0.29) is 11.2 Å². The average Bonchev–Trinajstić information content (AvgIpc) is 2.43. The number of pyridine rings is 1. The van der Waals surface area contributed by atoms with E-state index < -0.39 is 11.2 Å². The highest BCUT2D eigenvalue weighted by Crippen LogP contribution is 2.15. The van der Waals surface area contributed by atoms with Gasteiger partial charge in [0.1, 0.15) is 5.65 Å². The third-order valence-electron chi connectivity index (χ3n) is 3.34. The quantitative estimate of drug-likeness (QED) is 0.579. The molecule has 2 heterocycles. The molecule has 1 aromatic carbocycles. The van der Waals surface area contributed by atoms with Crippen molar-refractivity contribution in [3.63, 3.8) is 0 Å². The number of aryl methyl sites for hydroxylation is 1. The van der Waals surface area contributed by atoms with Crippen LogP contribution in [0.4, 0.5) is 0 Å². The summed E-state index contributed by atoms with van der Waals surface area (Å²) in [7, 11) is 2.94. The third kappa shape index (κ3) is 1.40. The van der Waals surface area contributed by atoms with Gasteiger partial charge in [0.05, 0.1) is 5.39 Å². The second kappa shape index (κ2) is 3.68. The molecule has 0 saturated carbocycles. The smallest absolute Gasteiger partial charge is 0.307 e. The zero-order chi connectivity index (χ0) is 13.7. The molecular formula is C13H11N3O3. The first kappa shape index (κ1) is 11.5. The largest absolute Gasteiger partial charge is 0.332 e. The highest BCUT2D eigenvalue weighted by molar-refractivity contribution is 6.03. The van der Waals surface area contributed by atoms with E-state index in [2.05, 4.69) is 4.98 Å². The molecule has 0 aliphatic carbocycles. The molecule has 96 valence electrons. The van der Waals surface area contributed by atoms with Gasteiger partial charge in [0.2, 0.25) is 0 Å². The third-order valence-corrected chi connectivity index (χ3v) is 3.34. The van der Waals surface area contributed by atoms with E-state index in [1.165, 1.54) is 18.7 Å². The van der Waals surface area contributed by atoms with E-state index >= 15 is 0 Å². The van der Waals surface area contributed by atoms with Gasteiger partial charge in [-0.2, -0.15) is 0 Å². The molecule has 2 aromatic heterocycles. The van der Waals surface area contributed by atoms with E-state index in [1.54, 1.807) is 24.3 Å². The summed E-state index contributed by atoms with van der Waals surface area (Å²) in [4.78, 5) is 38.7. The number of aromatic amines is 1. The van der Waals surface area contributed by atoms with Crippen molar-refractivity contribution in [3.8, 4) is 0 Å². The zero-order valence-corrected chi connectivity index (χ0v) is 10.4. The standard InChI is InChI=1S/C13H11N3O3/c1-15-10-9(12(18)16(2)13(15)19)7-5-3-4-6-8(7)11(17)14-10/h3-6H,1-2H3,(H,14,17). The molecule has 0 aliphatic heterocycles. The molecule has 0 bridgehead atoms. The summed E-state index contributed by atoms with van der Waals surface area (Å²) < 4.78 is 2.30. The van der Waals surface area contributed by atoms with Crippen molar-refractivity contribution in [2.75, 3.05) is 0 Å². The normalized spacial score (nSPS) is 11.3. The van der Waals surface area contributed by atoms with Crippen LogP contribution in [-0.4, -0.2) is 14.1 Å². The fourth-order valence-electron chi connectivity index (χ4n) is 2.31. The monoisotopic (exact) mass is 257 g/mol. The summed E-state index contributed by atoms with van der Waals surface area (Å²) in [5, 5.41) is 1.34. The van der Waals surface area contributed by atoms with Crippen LogP contribution in [0, 0.1) is 0 Å². The van der Waals surface area contributed by atoms with Gasteiger partial charge in [0.25, 0.3) is 11.1 Å². The Morgan fingerprint density at radius 3 is 2.26 bits per heavy atom. The fourth-order valence-corrected chi connectivity index (χ4v) is 2.31. The van der Waals surface area contributed by atoms with Gasteiger partial charge in [-0.05, 0) is 6.07 Å². The van der Waals surface area contributed by atoms with E-state index in [1.807, 2.05) is 0 Å². The lowest BCUT2D eigenvalue weighted by Crippen LogP contribution is -2.38. The number of hydrogen-bond donors (Lipinski definition) is 1. The average molecular weight is 257 g/mol. The van der Waals surface area contributed by atoms with Gasteiger partial charge >= 0.3 is 5.69 Å². The van der Waals surface area contributed by atoms with Crippen LogP contribution in [0.3, 0.4) is 0 Å². The van der Waals surface area contributed by atoms with Gasteiger partial charge in [0.15, 0.2) is 0 Å². The molecule has 0 radical (unpaired) electrons. The molecule has 0 atom stereocenters. The van der Waals surface area contributed by atoms with Crippen molar-refractivity contribution >= 4 is 21.8 Å². The van der Waals surface area contributed by atoms with Gasteiger partial charge in [0, 0.05) is 24.9 Å². The second-order valence-electron chi connectivity index (χ2n) is 4.43. The van der Waals surface area contributed by atoms with Gasteiger partial charge in [-0.3, -0.25) is 18.7 Å². The summed E-state index contributed by atoms with van der Waals surface area (Å²) in [6.45, 7) is 0. The Morgan fingerprint density at radius 1 is 0.947 bits per heavy atom. The topological polar surface area (TPSA) is 76.9 Å². The Morgan fingerprint density at radius 2 is 1.58 bits per heavy atom. The Kier molecular flexibility index (Phi) is 2.22. The van der Waals surface area contributed by atoms with Gasteiger partial charge in [-0.15, -0.1) is 0 Å². The molecule has 0 fully saturated rings. The van der Waals surface area contributed by atoms with Crippen LogP contribution in [0.1, 0.15) is 0 Å². The SMILES string of the molecule is Cn1c(=O)c2c3ccccc3c(=O)[nH]c2n(C)c1=O. The Balaban J connectivity index is 2.84. The Bertz CT molecular complexity index is 992. The predicted octanol–water partition coefficient (Wildman–Crippen LogP) is 0.0787. The molecule has 3 aromatic rings. The maximum atomic E-state index is 12.3. The summed E-state index contributed by atoms with van der Waals surface area (Å²) >= 11 is 0. The van der Waals surface area contributed by atoms with Crippen molar-refractivity contribution in [2.24, 2.45) is 14.1 Å². The van der Waals surface area contributed by atoms with Crippen LogP contribution in [0.15, 0.2) is 38.6 Å². The minimum absolute atomic E-state index is 0.247. The number of fused-ring (bicyclic) bond motifs is 3. The number of H-pyrrole nitrogens is 1. The van der Waals surface area contributed by atoms with E-state index in [0.29, 0.717) is 16.2 Å². The Hall–Kier alpha value is -2.63. The zero-order valence-electron chi connectivity index (χ0n) is 10.4. The molecule has 0 unspecified atom stereocenters. The van der Waals surface area contributed by atoms with Crippen molar-refractivity contribution in [2.45, 2.75) is 0 Å². The van der Waals surface area contributed by atoms with E-state index in [9.17, 15) is 14.4 Å². The van der Waals surface area contributed by atoms with Crippen LogP contribution >= 0.6 is 0 Å². The van der Waals surface area contributed by atoms with Crippen molar-refractivity contribution in [1.29, 1.82) is 0 Å². The molecule has 3 rings (SSSR count). The molecule has 6 heteroatoms. The molecule has 19 heavy (non-hydrogen) atoms. The number of aromatic nitrogens is 3. The summed E-state index contributed by atoms with van der Waals surface area (Å²) in [5.74, 6) is 0. The maximum absolute atomic E-state index is 12.3. The van der Waals surface area contributed by atoms with Crippen molar-refractivity contribution in [3.05, 3.63) is 55.5 Å². The van der Waals surface area contributed by atoms with Crippen LogP contribution in [0.2, 0.25) is 0 Å². The molecule has 1 N–H and O–H groups in total. The van der Waals surface area contributed by atoms with Crippen molar-refractivity contribution in [1.82, 2.24) is 14.1 Å². The van der Waals surface area contributed by atoms with Gasteiger partial charge < -0.3 is 4.98 Å². The number of hydrogen-bond acceptors (Lipinski definition) is 3. The summed E-state index contributed by atoms with van der Waals surface area (Å²) in [5.41, 5.74) is -0.947. The van der Waals surface area contributed by atoms with Crippen LogP contribution < -0.4 is 16.8 Å². The van der Waals surface area contributed by atoms with E-state index in [4.69, 9.17) is 0 Å². The number of benzene rings is 1. The maximum Gasteiger partial charge on any atom is 0.332 e. The number of nitrogens with zero attached hydrogens (tertiary/aromatic N) is 2. The Labute approximate surface area is 106 Å². The summed E-state index contributed by atoms with van der Waals surface area (Å²) in [6.07, 6.45) is 0. The highest BCUT2D eigenvalue weighted by atomic mass is 16.2. The van der Waals surface area contributed by atoms with Crippen molar-refractivity contribution < 1.29 is 0 Å². The first-order valence-corrected chi connectivity index (χ1v) is 5.73. The lowest BCUT2D eigenvalue weighted by molar-refractivity contribution is 0.708. The number of rotatable bonds is 0.